The number of rotatable bonds is 6. The van der Waals surface area contributed by atoms with Crippen LogP contribution >= 0.6 is 15.9 Å². The van der Waals surface area contributed by atoms with E-state index in [4.69, 9.17) is 14.2 Å². The number of aromatic nitrogens is 1. The fourth-order valence-electron chi connectivity index (χ4n) is 2.91. The number of carbonyl (C=O) groups is 1. The molecule has 1 N–H and O–H groups in total. The summed E-state index contributed by atoms with van der Waals surface area (Å²) < 4.78 is 16.9. The third-order valence-electron chi connectivity index (χ3n) is 4.19. The molecule has 0 aliphatic rings. The normalized spacial score (nSPS) is 11.0. The van der Waals surface area contributed by atoms with Crippen molar-refractivity contribution in [3.63, 3.8) is 0 Å². The molecule has 0 radical (unpaired) electrons. The second kappa shape index (κ2) is 8.31. The minimum atomic E-state index is -1.01. The molecule has 0 amide bonds. The van der Waals surface area contributed by atoms with E-state index in [-0.39, 0.29) is 5.56 Å². The van der Waals surface area contributed by atoms with Gasteiger partial charge >= 0.3 is 5.97 Å². The largest absolute Gasteiger partial charge is 0.493 e. The average Bonchev–Trinajstić information content (AvgIpc) is 2.70. The van der Waals surface area contributed by atoms with Crippen molar-refractivity contribution in [1.82, 2.24) is 4.98 Å². The summed E-state index contributed by atoms with van der Waals surface area (Å²) in [6.07, 6.45) is 3.52. The first-order valence-corrected chi connectivity index (χ1v) is 9.08. The summed E-state index contributed by atoms with van der Waals surface area (Å²) in [5.41, 5.74) is 2.05. The lowest BCUT2D eigenvalue weighted by Gasteiger charge is -2.14. The van der Waals surface area contributed by atoms with Crippen LogP contribution in [0, 0.1) is 0 Å². The maximum absolute atomic E-state index is 11.7. The lowest BCUT2D eigenvalue weighted by atomic mass is 10.1. The van der Waals surface area contributed by atoms with Crippen LogP contribution in [0.3, 0.4) is 0 Å². The molecule has 3 rings (SSSR count). The lowest BCUT2D eigenvalue weighted by molar-refractivity contribution is 0.0699. The number of carboxylic acids is 1. The Morgan fingerprint density at radius 2 is 1.75 bits per heavy atom. The van der Waals surface area contributed by atoms with Crippen LogP contribution in [0.15, 0.2) is 40.9 Å². The van der Waals surface area contributed by atoms with Crippen molar-refractivity contribution < 1.29 is 24.1 Å². The van der Waals surface area contributed by atoms with Gasteiger partial charge in [0, 0.05) is 15.4 Å². The van der Waals surface area contributed by atoms with Gasteiger partial charge in [0.2, 0.25) is 5.75 Å². The number of hydrogen-bond donors (Lipinski definition) is 1. The highest BCUT2D eigenvalue weighted by Crippen LogP contribution is 2.40. The van der Waals surface area contributed by atoms with E-state index in [2.05, 4.69) is 20.9 Å². The van der Waals surface area contributed by atoms with E-state index in [0.29, 0.717) is 33.8 Å². The van der Waals surface area contributed by atoms with E-state index in [1.807, 2.05) is 12.1 Å². The molecule has 3 aromatic rings. The monoisotopic (exact) mass is 443 g/mol. The van der Waals surface area contributed by atoms with Crippen LogP contribution in [-0.4, -0.2) is 37.4 Å². The number of benzene rings is 2. The number of nitrogens with zero attached hydrogens (tertiary/aromatic N) is 1. The van der Waals surface area contributed by atoms with Crippen molar-refractivity contribution in [2.75, 3.05) is 21.3 Å². The van der Waals surface area contributed by atoms with E-state index in [0.717, 1.165) is 10.0 Å². The standard InChI is InChI=1S/C21H18BrNO5/c1-26-18-9-5-12(19(27-2)20(18)28-3)4-7-14-11-16(21(24)25)15-10-13(22)6-8-17(15)23-14/h4-11H,1-3H3,(H,24,25). The zero-order chi connectivity index (χ0) is 20.3. The first-order chi connectivity index (χ1) is 13.5. The van der Waals surface area contributed by atoms with Crippen LogP contribution in [0.4, 0.5) is 0 Å². The molecule has 0 unspecified atom stereocenters. The number of pyridine rings is 1. The van der Waals surface area contributed by atoms with Crippen LogP contribution < -0.4 is 14.2 Å². The third-order valence-corrected chi connectivity index (χ3v) is 4.68. The Hall–Kier alpha value is -3.06. The highest BCUT2D eigenvalue weighted by atomic mass is 79.9. The van der Waals surface area contributed by atoms with Crippen LogP contribution in [0.25, 0.3) is 23.1 Å². The van der Waals surface area contributed by atoms with Crippen LogP contribution in [0.5, 0.6) is 17.2 Å². The number of methoxy groups -OCH3 is 3. The Morgan fingerprint density at radius 3 is 2.39 bits per heavy atom. The van der Waals surface area contributed by atoms with Gasteiger partial charge in [0.05, 0.1) is 38.1 Å². The van der Waals surface area contributed by atoms with Gasteiger partial charge < -0.3 is 19.3 Å². The van der Waals surface area contributed by atoms with Crippen LogP contribution in [-0.2, 0) is 0 Å². The summed E-state index contributed by atoms with van der Waals surface area (Å²) in [5, 5.41) is 10.1. The molecule has 0 saturated heterocycles. The van der Waals surface area contributed by atoms with Gasteiger partial charge in [0.1, 0.15) is 0 Å². The Bertz CT molecular complexity index is 1080. The Morgan fingerprint density at radius 1 is 1.00 bits per heavy atom. The number of ether oxygens (including phenoxy) is 3. The molecule has 0 aliphatic heterocycles. The van der Waals surface area contributed by atoms with Crippen molar-refractivity contribution in [3.8, 4) is 17.2 Å². The van der Waals surface area contributed by atoms with Crippen molar-refractivity contribution in [1.29, 1.82) is 0 Å². The molecule has 0 aliphatic carbocycles. The van der Waals surface area contributed by atoms with E-state index in [9.17, 15) is 9.90 Å². The minimum Gasteiger partial charge on any atom is -0.493 e. The van der Waals surface area contributed by atoms with Crippen molar-refractivity contribution in [2.45, 2.75) is 0 Å². The molecule has 0 spiro atoms. The zero-order valence-corrected chi connectivity index (χ0v) is 17.1. The Balaban J connectivity index is 2.09. The smallest absolute Gasteiger partial charge is 0.336 e. The van der Waals surface area contributed by atoms with Gasteiger partial charge in [-0.1, -0.05) is 15.9 Å². The SMILES string of the molecule is COc1ccc(C=Cc2cc(C(=O)O)c3cc(Br)ccc3n2)c(OC)c1OC. The average molecular weight is 444 g/mol. The summed E-state index contributed by atoms with van der Waals surface area (Å²) in [4.78, 5) is 16.2. The molecule has 0 bridgehead atoms. The van der Waals surface area contributed by atoms with Crippen molar-refractivity contribution in [3.05, 3.63) is 57.7 Å². The number of aromatic carboxylic acids is 1. The second-order valence-electron chi connectivity index (χ2n) is 5.82. The molecule has 7 heteroatoms. The molecular formula is C21H18BrNO5. The first kappa shape index (κ1) is 19.7. The molecule has 1 aromatic heterocycles. The van der Waals surface area contributed by atoms with Gasteiger partial charge in [-0.3, -0.25) is 0 Å². The lowest BCUT2D eigenvalue weighted by Crippen LogP contribution is -2.00. The fourth-order valence-corrected chi connectivity index (χ4v) is 3.27. The highest BCUT2D eigenvalue weighted by Gasteiger charge is 2.15. The quantitative estimate of drug-likeness (QED) is 0.583. The van der Waals surface area contributed by atoms with E-state index in [1.54, 1.807) is 50.6 Å². The molecular weight excluding hydrogens is 426 g/mol. The van der Waals surface area contributed by atoms with E-state index in [1.165, 1.54) is 7.11 Å². The van der Waals surface area contributed by atoms with Gasteiger partial charge in [-0.15, -0.1) is 0 Å². The predicted octanol–water partition coefficient (Wildman–Crippen LogP) is 4.89. The van der Waals surface area contributed by atoms with Crippen LogP contribution in [0.2, 0.25) is 0 Å². The maximum atomic E-state index is 11.7. The molecule has 2 aromatic carbocycles. The van der Waals surface area contributed by atoms with Gasteiger partial charge in [-0.25, -0.2) is 9.78 Å². The summed E-state index contributed by atoms with van der Waals surface area (Å²) in [5.74, 6) is 0.541. The highest BCUT2D eigenvalue weighted by molar-refractivity contribution is 9.10. The molecule has 6 nitrogen and oxygen atoms in total. The first-order valence-electron chi connectivity index (χ1n) is 8.29. The number of carboxylic acid groups (broad SMARTS) is 1. The third kappa shape index (κ3) is 3.80. The van der Waals surface area contributed by atoms with Gasteiger partial charge in [-0.05, 0) is 48.6 Å². The van der Waals surface area contributed by atoms with Gasteiger partial charge in [-0.2, -0.15) is 0 Å². The summed E-state index contributed by atoms with van der Waals surface area (Å²) in [6.45, 7) is 0. The number of hydrogen-bond acceptors (Lipinski definition) is 5. The Labute approximate surface area is 170 Å². The molecule has 0 fully saturated rings. The van der Waals surface area contributed by atoms with E-state index >= 15 is 0 Å². The Kier molecular flexibility index (Phi) is 5.84. The maximum Gasteiger partial charge on any atom is 0.336 e. The van der Waals surface area contributed by atoms with E-state index < -0.39 is 5.97 Å². The molecule has 0 atom stereocenters. The van der Waals surface area contributed by atoms with Gasteiger partial charge in [0.25, 0.3) is 0 Å². The molecule has 0 saturated carbocycles. The summed E-state index contributed by atoms with van der Waals surface area (Å²) in [7, 11) is 4.64. The number of halogens is 1. The minimum absolute atomic E-state index is 0.185. The topological polar surface area (TPSA) is 77.9 Å². The predicted molar refractivity (Wildman–Crippen MR) is 111 cm³/mol. The van der Waals surface area contributed by atoms with Crippen molar-refractivity contribution in [2.24, 2.45) is 0 Å². The summed E-state index contributed by atoms with van der Waals surface area (Å²) in [6, 6.07) is 10.5. The molecule has 28 heavy (non-hydrogen) atoms. The van der Waals surface area contributed by atoms with Crippen LogP contribution in [0.1, 0.15) is 21.6 Å². The zero-order valence-electron chi connectivity index (χ0n) is 15.5. The van der Waals surface area contributed by atoms with Crippen molar-refractivity contribution >= 4 is 45.0 Å². The molecule has 144 valence electrons. The van der Waals surface area contributed by atoms with Gasteiger partial charge in [0.15, 0.2) is 11.5 Å². The fraction of sp³-hybridized carbons (Fsp3) is 0.143. The second-order valence-corrected chi connectivity index (χ2v) is 6.73. The number of fused-ring (bicyclic) bond motifs is 1. The molecule has 1 heterocycles. The summed E-state index contributed by atoms with van der Waals surface area (Å²) >= 11 is 3.37.